The normalized spacial score (nSPS) is 14.8. The Morgan fingerprint density at radius 2 is 1.59 bits per heavy atom. The van der Waals surface area contributed by atoms with E-state index in [0.717, 1.165) is 24.8 Å². The summed E-state index contributed by atoms with van der Waals surface area (Å²) in [6.45, 7) is -0.416. The Morgan fingerprint density at radius 3 is 2.38 bits per heavy atom. The first kappa shape index (κ1) is 21.8. The van der Waals surface area contributed by atoms with Crippen LogP contribution in [0.1, 0.15) is 56.3 Å². The van der Waals surface area contributed by atoms with Crippen LogP contribution in [-0.4, -0.2) is 24.3 Å². The molecular weight excluding hydrogens is 426 g/mol. The summed E-state index contributed by atoms with van der Waals surface area (Å²) < 4.78 is 5.24. The number of benzene rings is 3. The van der Waals surface area contributed by atoms with Gasteiger partial charge in [-0.1, -0.05) is 54.1 Å². The van der Waals surface area contributed by atoms with Gasteiger partial charge in [-0.2, -0.15) is 0 Å². The van der Waals surface area contributed by atoms with Crippen LogP contribution < -0.4 is 5.32 Å². The number of ether oxygens (including phenoxy) is 1. The standard InChI is InChI=1S/C26H22ClNO4/c27-19-14-12-18(13-15-19)25(30)21-9-3-4-10-22(21)26(31)32-16-24(29)28-23-11-5-7-17-6-1-2-8-20(17)23/h1-4,6,8-10,12-15,23H,5,7,11,16H2,(H,28,29)/t23-/m1/s1. The lowest BCUT2D eigenvalue weighted by Gasteiger charge is -2.26. The third-order valence-corrected chi connectivity index (χ3v) is 5.79. The van der Waals surface area contributed by atoms with Crippen LogP contribution in [0.25, 0.3) is 0 Å². The second-order valence-corrected chi connectivity index (χ2v) is 8.11. The fraction of sp³-hybridized carbons (Fsp3) is 0.192. The van der Waals surface area contributed by atoms with E-state index in [1.807, 2.05) is 18.2 Å². The van der Waals surface area contributed by atoms with Crippen molar-refractivity contribution < 1.29 is 19.1 Å². The molecule has 0 saturated heterocycles. The molecule has 1 aliphatic rings. The molecule has 6 heteroatoms. The van der Waals surface area contributed by atoms with Gasteiger partial charge in [0, 0.05) is 16.1 Å². The first-order valence-corrected chi connectivity index (χ1v) is 10.8. The molecule has 162 valence electrons. The number of nitrogens with one attached hydrogen (secondary N) is 1. The largest absolute Gasteiger partial charge is 0.452 e. The molecule has 0 aromatic heterocycles. The minimum absolute atomic E-state index is 0.0927. The maximum atomic E-state index is 12.9. The number of hydrogen-bond acceptors (Lipinski definition) is 4. The maximum absolute atomic E-state index is 12.9. The minimum Gasteiger partial charge on any atom is -0.452 e. The van der Waals surface area contributed by atoms with E-state index in [0.29, 0.717) is 10.6 Å². The summed E-state index contributed by atoms with van der Waals surface area (Å²) in [5.74, 6) is -1.42. The minimum atomic E-state index is -0.720. The molecule has 0 saturated carbocycles. The van der Waals surface area contributed by atoms with E-state index >= 15 is 0 Å². The monoisotopic (exact) mass is 447 g/mol. The molecule has 0 unspecified atom stereocenters. The lowest BCUT2D eigenvalue weighted by molar-refractivity contribution is -0.125. The van der Waals surface area contributed by atoms with Crippen LogP contribution in [0.5, 0.6) is 0 Å². The number of hydrogen-bond donors (Lipinski definition) is 1. The number of rotatable bonds is 6. The molecule has 4 rings (SSSR count). The summed E-state index contributed by atoms with van der Waals surface area (Å²) in [5, 5.41) is 3.47. The topological polar surface area (TPSA) is 72.5 Å². The zero-order chi connectivity index (χ0) is 22.5. The zero-order valence-electron chi connectivity index (χ0n) is 17.3. The third kappa shape index (κ3) is 4.89. The van der Waals surface area contributed by atoms with Crippen LogP contribution in [0.2, 0.25) is 5.02 Å². The van der Waals surface area contributed by atoms with Crippen molar-refractivity contribution in [2.24, 2.45) is 0 Å². The predicted molar refractivity (Wildman–Crippen MR) is 122 cm³/mol. The molecule has 0 heterocycles. The van der Waals surface area contributed by atoms with Gasteiger partial charge in [-0.25, -0.2) is 4.79 Å². The van der Waals surface area contributed by atoms with Crippen molar-refractivity contribution in [1.29, 1.82) is 0 Å². The smallest absolute Gasteiger partial charge is 0.339 e. The van der Waals surface area contributed by atoms with Gasteiger partial charge in [-0.15, -0.1) is 0 Å². The van der Waals surface area contributed by atoms with Crippen LogP contribution >= 0.6 is 11.6 Å². The van der Waals surface area contributed by atoms with Crippen molar-refractivity contribution in [2.75, 3.05) is 6.61 Å². The summed E-state index contributed by atoms with van der Waals surface area (Å²) in [5.41, 5.74) is 3.07. The van der Waals surface area contributed by atoms with Gasteiger partial charge in [0.25, 0.3) is 5.91 Å². The molecule has 3 aromatic rings. The molecule has 0 radical (unpaired) electrons. The molecule has 5 nitrogen and oxygen atoms in total. The molecule has 1 atom stereocenters. The zero-order valence-corrected chi connectivity index (χ0v) is 18.1. The van der Waals surface area contributed by atoms with Crippen molar-refractivity contribution in [3.05, 3.63) is 106 Å². The highest BCUT2D eigenvalue weighted by molar-refractivity contribution is 6.30. The number of carbonyl (C=O) groups is 3. The highest BCUT2D eigenvalue weighted by Gasteiger charge is 2.23. The molecule has 1 amide bonds. The number of halogens is 1. The van der Waals surface area contributed by atoms with E-state index in [2.05, 4.69) is 11.4 Å². The predicted octanol–water partition coefficient (Wildman–Crippen LogP) is 4.92. The van der Waals surface area contributed by atoms with Gasteiger partial charge in [0.15, 0.2) is 12.4 Å². The lowest BCUT2D eigenvalue weighted by Crippen LogP contribution is -2.34. The molecular formula is C26H22ClNO4. The van der Waals surface area contributed by atoms with Gasteiger partial charge in [-0.05, 0) is 60.7 Å². The molecule has 32 heavy (non-hydrogen) atoms. The number of esters is 1. The van der Waals surface area contributed by atoms with Gasteiger partial charge >= 0.3 is 5.97 Å². The van der Waals surface area contributed by atoms with Gasteiger partial charge in [0.05, 0.1) is 11.6 Å². The van der Waals surface area contributed by atoms with E-state index in [1.165, 1.54) is 11.6 Å². The van der Waals surface area contributed by atoms with Gasteiger partial charge in [0.2, 0.25) is 0 Å². The molecule has 1 aliphatic carbocycles. The van der Waals surface area contributed by atoms with Crippen molar-refractivity contribution in [3.63, 3.8) is 0 Å². The summed E-state index contributed by atoms with van der Waals surface area (Å²) in [7, 11) is 0. The fourth-order valence-electron chi connectivity index (χ4n) is 3.96. The number of aryl methyl sites for hydroxylation is 1. The molecule has 0 aliphatic heterocycles. The Morgan fingerprint density at radius 1 is 0.906 bits per heavy atom. The fourth-order valence-corrected chi connectivity index (χ4v) is 4.09. The number of carbonyl (C=O) groups excluding carboxylic acids is 3. The van der Waals surface area contributed by atoms with Crippen molar-refractivity contribution in [3.8, 4) is 0 Å². The first-order chi connectivity index (χ1) is 15.5. The second-order valence-electron chi connectivity index (χ2n) is 7.67. The Labute approximate surface area is 191 Å². The third-order valence-electron chi connectivity index (χ3n) is 5.54. The van der Waals surface area contributed by atoms with Crippen molar-refractivity contribution in [1.82, 2.24) is 5.32 Å². The van der Waals surface area contributed by atoms with E-state index < -0.39 is 12.6 Å². The quantitative estimate of drug-likeness (QED) is 0.430. The maximum Gasteiger partial charge on any atom is 0.339 e. The Balaban J connectivity index is 1.41. The number of fused-ring (bicyclic) bond motifs is 1. The Bertz CT molecular complexity index is 1160. The van der Waals surface area contributed by atoms with Gasteiger partial charge in [-0.3, -0.25) is 9.59 Å². The molecule has 0 bridgehead atoms. The highest BCUT2D eigenvalue weighted by Crippen LogP contribution is 2.29. The van der Waals surface area contributed by atoms with Gasteiger partial charge in [0.1, 0.15) is 0 Å². The van der Waals surface area contributed by atoms with Crippen LogP contribution in [-0.2, 0) is 16.0 Å². The summed E-state index contributed by atoms with van der Waals surface area (Å²) >= 11 is 5.89. The van der Waals surface area contributed by atoms with Crippen LogP contribution in [0, 0.1) is 0 Å². The summed E-state index contributed by atoms with van der Waals surface area (Å²) in [6, 6.07) is 20.8. The average molecular weight is 448 g/mol. The van der Waals surface area contributed by atoms with Crippen LogP contribution in [0.4, 0.5) is 0 Å². The van der Waals surface area contributed by atoms with E-state index in [-0.39, 0.29) is 28.9 Å². The van der Waals surface area contributed by atoms with E-state index in [4.69, 9.17) is 16.3 Å². The lowest BCUT2D eigenvalue weighted by atomic mass is 9.88. The van der Waals surface area contributed by atoms with Crippen molar-refractivity contribution >= 4 is 29.3 Å². The molecule has 0 spiro atoms. The van der Waals surface area contributed by atoms with Crippen LogP contribution in [0.15, 0.2) is 72.8 Å². The van der Waals surface area contributed by atoms with Gasteiger partial charge < -0.3 is 10.1 Å². The summed E-state index contributed by atoms with van der Waals surface area (Å²) in [6.07, 6.45) is 2.83. The first-order valence-electron chi connectivity index (χ1n) is 10.5. The number of amides is 1. The molecule has 0 fully saturated rings. The molecule has 1 N–H and O–H groups in total. The SMILES string of the molecule is O=C(COC(=O)c1ccccc1C(=O)c1ccc(Cl)cc1)N[C@@H]1CCCc2ccccc21. The summed E-state index contributed by atoms with van der Waals surface area (Å²) in [4.78, 5) is 38.0. The van der Waals surface area contributed by atoms with Crippen LogP contribution in [0.3, 0.4) is 0 Å². The average Bonchev–Trinajstić information content (AvgIpc) is 2.83. The van der Waals surface area contributed by atoms with Crippen molar-refractivity contribution in [2.45, 2.75) is 25.3 Å². The van der Waals surface area contributed by atoms with E-state index in [9.17, 15) is 14.4 Å². The Kier molecular flexibility index (Phi) is 6.66. The second kappa shape index (κ2) is 9.79. The number of ketones is 1. The highest BCUT2D eigenvalue weighted by atomic mass is 35.5. The Hall–Kier alpha value is -3.44. The van der Waals surface area contributed by atoms with E-state index in [1.54, 1.807) is 42.5 Å². The molecule has 3 aromatic carbocycles.